The third-order valence-electron chi connectivity index (χ3n) is 2.65. The van der Waals surface area contributed by atoms with Crippen LogP contribution in [-0.2, 0) is 0 Å². The summed E-state index contributed by atoms with van der Waals surface area (Å²) in [5.41, 5.74) is -0.195. The minimum Gasteiger partial charge on any atom is -0.332 e. The first-order valence-corrected chi connectivity index (χ1v) is 6.88. The van der Waals surface area contributed by atoms with Gasteiger partial charge in [-0.25, -0.2) is 8.78 Å². The molecule has 0 aliphatic carbocycles. The molecule has 0 saturated carbocycles. The SMILES string of the molecule is Cc1cccc(C(=O)N(CCBr)CC(F)F)c1[N+](=O)[O-]. The second-order valence-electron chi connectivity index (χ2n) is 4.06. The number of halogens is 3. The van der Waals surface area contributed by atoms with Gasteiger partial charge in [-0.15, -0.1) is 0 Å². The largest absolute Gasteiger partial charge is 0.332 e. The Hall–Kier alpha value is -1.57. The molecule has 0 heterocycles. The average Bonchev–Trinajstić information content (AvgIpc) is 2.36. The second kappa shape index (κ2) is 7.28. The third-order valence-corrected chi connectivity index (χ3v) is 3.01. The number of amides is 1. The molecule has 0 fully saturated rings. The molecular weight excluding hydrogens is 338 g/mol. The van der Waals surface area contributed by atoms with E-state index >= 15 is 0 Å². The number of nitrogens with zero attached hydrogens (tertiary/aromatic N) is 2. The number of carbonyl (C=O) groups excluding carboxylic acids is 1. The van der Waals surface area contributed by atoms with Gasteiger partial charge in [-0.1, -0.05) is 28.1 Å². The van der Waals surface area contributed by atoms with Gasteiger partial charge in [-0.05, 0) is 13.0 Å². The predicted molar refractivity (Wildman–Crippen MR) is 73.5 cm³/mol. The Labute approximate surface area is 122 Å². The Morgan fingerprint density at radius 1 is 1.50 bits per heavy atom. The molecule has 1 rings (SSSR count). The van der Waals surface area contributed by atoms with Gasteiger partial charge in [0.05, 0.1) is 11.5 Å². The van der Waals surface area contributed by atoms with Crippen molar-refractivity contribution in [3.05, 3.63) is 39.4 Å². The van der Waals surface area contributed by atoms with E-state index in [1.807, 2.05) is 0 Å². The van der Waals surface area contributed by atoms with Crippen molar-refractivity contribution in [1.82, 2.24) is 4.90 Å². The van der Waals surface area contributed by atoms with Crippen molar-refractivity contribution < 1.29 is 18.5 Å². The zero-order chi connectivity index (χ0) is 15.3. The predicted octanol–water partition coefficient (Wildman–Crippen LogP) is 3.01. The average molecular weight is 351 g/mol. The van der Waals surface area contributed by atoms with Crippen LogP contribution in [-0.4, -0.2) is 40.6 Å². The lowest BCUT2D eigenvalue weighted by Gasteiger charge is -2.21. The van der Waals surface area contributed by atoms with Gasteiger partial charge in [0.15, 0.2) is 0 Å². The lowest BCUT2D eigenvalue weighted by atomic mass is 10.1. The van der Waals surface area contributed by atoms with Crippen LogP contribution in [0.5, 0.6) is 0 Å². The Morgan fingerprint density at radius 2 is 2.15 bits per heavy atom. The first-order chi connectivity index (χ1) is 9.38. The molecule has 0 aliphatic heterocycles. The molecule has 0 bridgehead atoms. The summed E-state index contributed by atoms with van der Waals surface area (Å²) in [5, 5.41) is 11.3. The second-order valence-corrected chi connectivity index (χ2v) is 4.85. The molecule has 0 unspecified atom stereocenters. The van der Waals surface area contributed by atoms with E-state index < -0.39 is 23.8 Å². The van der Waals surface area contributed by atoms with Crippen LogP contribution in [0.3, 0.4) is 0 Å². The summed E-state index contributed by atoms with van der Waals surface area (Å²) in [6, 6.07) is 4.27. The molecule has 0 atom stereocenters. The van der Waals surface area contributed by atoms with Gasteiger partial charge in [-0.3, -0.25) is 14.9 Å². The number of para-hydroxylation sites is 1. The normalized spacial score (nSPS) is 10.7. The number of rotatable bonds is 6. The summed E-state index contributed by atoms with van der Waals surface area (Å²) in [4.78, 5) is 23.5. The van der Waals surface area contributed by atoms with E-state index in [-0.39, 0.29) is 17.8 Å². The van der Waals surface area contributed by atoms with Crippen LogP contribution in [0.15, 0.2) is 18.2 Å². The first-order valence-electron chi connectivity index (χ1n) is 5.75. The summed E-state index contributed by atoms with van der Waals surface area (Å²) in [7, 11) is 0. The molecule has 0 N–H and O–H groups in total. The summed E-state index contributed by atoms with van der Waals surface area (Å²) >= 11 is 3.07. The lowest BCUT2D eigenvalue weighted by Crippen LogP contribution is -2.36. The van der Waals surface area contributed by atoms with Crippen LogP contribution in [0, 0.1) is 17.0 Å². The minimum atomic E-state index is -2.69. The van der Waals surface area contributed by atoms with E-state index in [1.165, 1.54) is 25.1 Å². The van der Waals surface area contributed by atoms with Crippen LogP contribution < -0.4 is 0 Å². The van der Waals surface area contributed by atoms with Crippen molar-refractivity contribution in [3.8, 4) is 0 Å². The molecule has 110 valence electrons. The van der Waals surface area contributed by atoms with Crippen LogP contribution >= 0.6 is 15.9 Å². The van der Waals surface area contributed by atoms with E-state index in [9.17, 15) is 23.7 Å². The molecule has 20 heavy (non-hydrogen) atoms. The molecule has 0 aliphatic rings. The summed E-state index contributed by atoms with van der Waals surface area (Å²) in [6.07, 6.45) is -2.69. The van der Waals surface area contributed by atoms with E-state index in [0.29, 0.717) is 10.9 Å². The fourth-order valence-electron chi connectivity index (χ4n) is 1.79. The van der Waals surface area contributed by atoms with Crippen molar-refractivity contribution in [2.24, 2.45) is 0 Å². The quantitative estimate of drug-likeness (QED) is 0.450. The Kier molecular flexibility index (Phi) is 6.00. The Morgan fingerprint density at radius 3 is 2.65 bits per heavy atom. The van der Waals surface area contributed by atoms with Crippen LogP contribution in [0.2, 0.25) is 0 Å². The monoisotopic (exact) mass is 350 g/mol. The summed E-state index contributed by atoms with van der Waals surface area (Å²) < 4.78 is 25.0. The number of benzene rings is 1. The van der Waals surface area contributed by atoms with Gasteiger partial charge in [0.25, 0.3) is 18.0 Å². The number of alkyl halides is 3. The highest BCUT2D eigenvalue weighted by atomic mass is 79.9. The number of nitro benzene ring substituents is 1. The highest BCUT2D eigenvalue weighted by Crippen LogP contribution is 2.24. The van der Waals surface area contributed by atoms with Crippen LogP contribution in [0.4, 0.5) is 14.5 Å². The zero-order valence-corrected chi connectivity index (χ0v) is 12.3. The molecule has 5 nitrogen and oxygen atoms in total. The van der Waals surface area contributed by atoms with Crippen LogP contribution in [0.25, 0.3) is 0 Å². The van der Waals surface area contributed by atoms with Gasteiger partial charge in [0.1, 0.15) is 5.56 Å². The van der Waals surface area contributed by atoms with Crippen molar-refractivity contribution in [1.29, 1.82) is 0 Å². The minimum absolute atomic E-state index is 0.0499. The smallest absolute Gasteiger partial charge is 0.285 e. The van der Waals surface area contributed by atoms with E-state index in [1.54, 1.807) is 0 Å². The lowest BCUT2D eigenvalue weighted by molar-refractivity contribution is -0.385. The maximum Gasteiger partial charge on any atom is 0.285 e. The van der Waals surface area contributed by atoms with Crippen molar-refractivity contribution in [3.63, 3.8) is 0 Å². The summed E-state index contributed by atoms with van der Waals surface area (Å²) in [6.45, 7) is 0.792. The molecule has 1 aromatic rings. The standard InChI is InChI=1S/C12H13BrF2N2O3/c1-8-3-2-4-9(11(8)17(19)20)12(18)16(6-5-13)7-10(14)15/h2-4,10H,5-7H2,1H3. The number of aryl methyl sites for hydroxylation is 1. The fraction of sp³-hybridized carbons (Fsp3) is 0.417. The molecule has 1 aromatic carbocycles. The molecule has 8 heteroatoms. The van der Waals surface area contributed by atoms with Gasteiger partial charge < -0.3 is 4.90 Å². The van der Waals surface area contributed by atoms with Crippen molar-refractivity contribution in [2.75, 3.05) is 18.4 Å². The highest BCUT2D eigenvalue weighted by Gasteiger charge is 2.27. The van der Waals surface area contributed by atoms with Gasteiger partial charge in [-0.2, -0.15) is 0 Å². The first kappa shape index (κ1) is 16.5. The van der Waals surface area contributed by atoms with Gasteiger partial charge in [0.2, 0.25) is 0 Å². The molecule has 0 aromatic heterocycles. The van der Waals surface area contributed by atoms with Gasteiger partial charge in [0, 0.05) is 17.4 Å². The van der Waals surface area contributed by atoms with Crippen LogP contribution in [0.1, 0.15) is 15.9 Å². The number of nitro groups is 1. The molecule has 0 spiro atoms. The van der Waals surface area contributed by atoms with Crippen molar-refractivity contribution in [2.45, 2.75) is 13.3 Å². The number of carbonyl (C=O) groups is 1. The molecule has 1 amide bonds. The van der Waals surface area contributed by atoms with E-state index in [4.69, 9.17) is 0 Å². The number of hydrogen-bond acceptors (Lipinski definition) is 3. The van der Waals surface area contributed by atoms with Crippen molar-refractivity contribution >= 4 is 27.5 Å². The highest BCUT2D eigenvalue weighted by molar-refractivity contribution is 9.09. The summed E-state index contributed by atoms with van der Waals surface area (Å²) in [5.74, 6) is -0.764. The Balaban J connectivity index is 3.18. The molecule has 0 saturated heterocycles. The van der Waals surface area contributed by atoms with E-state index in [0.717, 1.165) is 4.90 Å². The third kappa shape index (κ3) is 3.96. The zero-order valence-electron chi connectivity index (χ0n) is 10.7. The molecule has 0 radical (unpaired) electrons. The maximum absolute atomic E-state index is 12.5. The fourth-order valence-corrected chi connectivity index (χ4v) is 2.22. The topological polar surface area (TPSA) is 63.5 Å². The number of hydrogen-bond donors (Lipinski definition) is 0. The maximum atomic E-state index is 12.5. The van der Waals surface area contributed by atoms with Gasteiger partial charge >= 0.3 is 0 Å². The Bertz CT molecular complexity index is 511. The molecular formula is C12H13BrF2N2O3. The van der Waals surface area contributed by atoms with E-state index in [2.05, 4.69) is 15.9 Å².